The summed E-state index contributed by atoms with van der Waals surface area (Å²) in [4.78, 5) is 6.13. The molecule has 5 nitrogen and oxygen atoms in total. The monoisotopic (exact) mass is 262 g/mol. The third-order valence-electron chi connectivity index (χ3n) is 3.99. The van der Waals surface area contributed by atoms with Crippen LogP contribution in [0.2, 0.25) is 0 Å². The number of fused-ring (bicyclic) bond motifs is 1. The van der Waals surface area contributed by atoms with Crippen LogP contribution in [0.1, 0.15) is 12.8 Å². The maximum Gasteiger partial charge on any atom is 0.288 e. The molecule has 0 radical (unpaired) electrons. The van der Waals surface area contributed by atoms with Gasteiger partial charge in [0.15, 0.2) is 0 Å². The average Bonchev–Trinajstić information content (AvgIpc) is 2.64. The number of nitrogens with zero attached hydrogens (tertiary/aromatic N) is 2. The Labute approximate surface area is 103 Å². The van der Waals surface area contributed by atoms with Crippen molar-refractivity contribution in [2.24, 2.45) is 10.9 Å². The quantitative estimate of drug-likeness (QED) is 0.688. The average molecular weight is 262 g/mol. The Kier molecular flexibility index (Phi) is 2.90. The van der Waals surface area contributed by atoms with Gasteiger partial charge in [-0.25, -0.2) is 13.8 Å². The molecule has 0 aromatic carbocycles. The molecule has 102 valence electrons. The fourth-order valence-corrected chi connectivity index (χ4v) is 2.71. The molecule has 3 aliphatic rings. The minimum Gasteiger partial charge on any atom is -0.459 e. The highest BCUT2D eigenvalue weighted by Gasteiger charge is 2.51. The molecular formula is C11H16F2N2O3. The summed E-state index contributed by atoms with van der Waals surface area (Å²) in [6.45, 7) is 1.68. The van der Waals surface area contributed by atoms with E-state index in [0.29, 0.717) is 6.02 Å². The standard InChI is InChI=1S/C11H16F2N2O3/c12-10(13)5-4-6-7(9(17)8(5)16)14-11(18-6)15-2-1-3-15/h5-10,16-17H,1-4H2. The lowest BCUT2D eigenvalue weighted by Gasteiger charge is -2.37. The first-order valence-electron chi connectivity index (χ1n) is 6.21. The maximum atomic E-state index is 12.8. The molecule has 2 heterocycles. The third-order valence-corrected chi connectivity index (χ3v) is 3.99. The number of rotatable bonds is 1. The molecule has 5 unspecified atom stereocenters. The summed E-state index contributed by atoms with van der Waals surface area (Å²) in [5.41, 5.74) is 0. The van der Waals surface area contributed by atoms with E-state index in [4.69, 9.17) is 4.74 Å². The van der Waals surface area contributed by atoms with E-state index < -0.39 is 36.7 Å². The molecule has 2 aliphatic heterocycles. The maximum absolute atomic E-state index is 12.8. The van der Waals surface area contributed by atoms with Crippen LogP contribution in [0.4, 0.5) is 8.78 Å². The SMILES string of the molecule is OC1C(O)C2N=C(N3CCC3)OC2CC1C(F)F. The van der Waals surface area contributed by atoms with Crippen LogP contribution < -0.4 is 0 Å². The van der Waals surface area contributed by atoms with Gasteiger partial charge in [-0.3, -0.25) is 0 Å². The van der Waals surface area contributed by atoms with Gasteiger partial charge in [-0.15, -0.1) is 0 Å². The lowest BCUT2D eigenvalue weighted by Crippen LogP contribution is -2.53. The molecule has 2 N–H and O–H groups in total. The largest absolute Gasteiger partial charge is 0.459 e. The van der Waals surface area contributed by atoms with Gasteiger partial charge in [0.25, 0.3) is 6.02 Å². The van der Waals surface area contributed by atoms with E-state index >= 15 is 0 Å². The summed E-state index contributed by atoms with van der Waals surface area (Å²) in [5.74, 6) is -1.24. The first-order chi connectivity index (χ1) is 8.58. The molecule has 0 spiro atoms. The van der Waals surface area contributed by atoms with E-state index in [1.807, 2.05) is 4.90 Å². The van der Waals surface area contributed by atoms with Crippen molar-refractivity contribution in [3.63, 3.8) is 0 Å². The molecule has 5 atom stereocenters. The van der Waals surface area contributed by atoms with Crippen LogP contribution in [0.5, 0.6) is 0 Å². The third kappa shape index (κ3) is 1.76. The fraction of sp³-hybridized carbons (Fsp3) is 0.909. The van der Waals surface area contributed by atoms with Gasteiger partial charge < -0.3 is 19.8 Å². The van der Waals surface area contributed by atoms with Crippen molar-refractivity contribution in [1.82, 2.24) is 4.90 Å². The second kappa shape index (κ2) is 4.31. The molecular weight excluding hydrogens is 246 g/mol. The topological polar surface area (TPSA) is 65.3 Å². The molecule has 1 saturated carbocycles. The first-order valence-corrected chi connectivity index (χ1v) is 6.21. The highest BCUT2D eigenvalue weighted by molar-refractivity contribution is 5.76. The van der Waals surface area contributed by atoms with Gasteiger partial charge in [0.1, 0.15) is 18.2 Å². The Morgan fingerprint density at radius 2 is 2.00 bits per heavy atom. The van der Waals surface area contributed by atoms with E-state index in [9.17, 15) is 19.0 Å². The van der Waals surface area contributed by atoms with Gasteiger partial charge in [-0.05, 0) is 12.8 Å². The van der Waals surface area contributed by atoms with Crippen LogP contribution in [-0.2, 0) is 4.74 Å². The molecule has 0 bridgehead atoms. The number of aliphatic hydroxyl groups excluding tert-OH is 2. The Morgan fingerprint density at radius 3 is 2.56 bits per heavy atom. The van der Waals surface area contributed by atoms with Crippen molar-refractivity contribution in [3.05, 3.63) is 0 Å². The molecule has 7 heteroatoms. The van der Waals surface area contributed by atoms with Crippen molar-refractivity contribution in [2.75, 3.05) is 13.1 Å². The number of ether oxygens (including phenoxy) is 1. The molecule has 1 saturated heterocycles. The van der Waals surface area contributed by atoms with E-state index in [2.05, 4.69) is 4.99 Å². The molecule has 0 amide bonds. The molecule has 2 fully saturated rings. The van der Waals surface area contributed by atoms with Crippen molar-refractivity contribution in [3.8, 4) is 0 Å². The number of aliphatic hydroxyl groups is 2. The zero-order valence-electron chi connectivity index (χ0n) is 9.75. The van der Waals surface area contributed by atoms with Crippen molar-refractivity contribution >= 4 is 6.02 Å². The second-order valence-corrected chi connectivity index (χ2v) is 5.11. The number of likely N-dealkylation sites (tertiary alicyclic amines) is 1. The van der Waals surface area contributed by atoms with Crippen LogP contribution in [0, 0.1) is 5.92 Å². The first kappa shape index (κ1) is 12.1. The summed E-state index contributed by atoms with van der Waals surface area (Å²) >= 11 is 0. The van der Waals surface area contributed by atoms with Gasteiger partial charge in [0.05, 0.1) is 12.0 Å². The molecule has 1 aliphatic carbocycles. The van der Waals surface area contributed by atoms with Crippen molar-refractivity contribution in [1.29, 1.82) is 0 Å². The van der Waals surface area contributed by atoms with Crippen LogP contribution in [-0.4, -0.2) is 65.0 Å². The normalized spacial score (nSPS) is 43.3. The summed E-state index contributed by atoms with van der Waals surface area (Å²) < 4.78 is 31.1. The molecule has 0 aromatic rings. The van der Waals surface area contributed by atoms with Gasteiger partial charge in [-0.1, -0.05) is 0 Å². The van der Waals surface area contributed by atoms with E-state index in [-0.39, 0.29) is 6.42 Å². The van der Waals surface area contributed by atoms with E-state index in [1.165, 1.54) is 0 Å². The van der Waals surface area contributed by atoms with Gasteiger partial charge in [-0.2, -0.15) is 0 Å². The predicted molar refractivity (Wildman–Crippen MR) is 58.4 cm³/mol. The van der Waals surface area contributed by atoms with Crippen LogP contribution in [0.3, 0.4) is 0 Å². The Balaban J connectivity index is 1.75. The van der Waals surface area contributed by atoms with Gasteiger partial charge in [0.2, 0.25) is 6.43 Å². The number of hydrogen-bond acceptors (Lipinski definition) is 5. The number of aliphatic imine (C=N–C) groups is 1. The lowest BCUT2D eigenvalue weighted by atomic mass is 9.80. The van der Waals surface area contributed by atoms with Gasteiger partial charge in [0, 0.05) is 13.1 Å². The fourth-order valence-electron chi connectivity index (χ4n) is 2.71. The van der Waals surface area contributed by atoms with Gasteiger partial charge >= 0.3 is 0 Å². The smallest absolute Gasteiger partial charge is 0.288 e. The molecule has 0 aromatic heterocycles. The number of alkyl halides is 2. The van der Waals surface area contributed by atoms with Crippen LogP contribution in [0.25, 0.3) is 0 Å². The van der Waals surface area contributed by atoms with Crippen LogP contribution in [0.15, 0.2) is 4.99 Å². The Morgan fingerprint density at radius 1 is 1.28 bits per heavy atom. The lowest BCUT2D eigenvalue weighted by molar-refractivity contribution is -0.124. The minimum absolute atomic E-state index is 0.0292. The van der Waals surface area contributed by atoms with Crippen molar-refractivity contribution in [2.45, 2.75) is 43.6 Å². The van der Waals surface area contributed by atoms with Crippen molar-refractivity contribution < 1.29 is 23.7 Å². The predicted octanol–water partition coefficient (Wildman–Crippen LogP) is -0.178. The van der Waals surface area contributed by atoms with E-state index in [0.717, 1.165) is 19.5 Å². The molecule has 18 heavy (non-hydrogen) atoms. The highest BCUT2D eigenvalue weighted by Crippen LogP contribution is 2.36. The van der Waals surface area contributed by atoms with E-state index in [1.54, 1.807) is 0 Å². The number of hydrogen-bond donors (Lipinski definition) is 2. The zero-order chi connectivity index (χ0) is 12.9. The number of amidine groups is 1. The number of halogens is 2. The highest BCUT2D eigenvalue weighted by atomic mass is 19.3. The summed E-state index contributed by atoms with van der Waals surface area (Å²) in [6, 6.07) is -0.192. The Bertz CT molecular complexity index is 362. The second-order valence-electron chi connectivity index (χ2n) is 5.11. The molecule has 3 rings (SSSR count). The minimum atomic E-state index is -2.66. The van der Waals surface area contributed by atoms with Crippen LogP contribution >= 0.6 is 0 Å². The summed E-state index contributed by atoms with van der Waals surface area (Å²) in [6.07, 6.45) is -4.83. The summed E-state index contributed by atoms with van der Waals surface area (Å²) in [7, 11) is 0. The zero-order valence-corrected chi connectivity index (χ0v) is 9.75. The Hall–Kier alpha value is -0.950. The summed E-state index contributed by atoms with van der Waals surface area (Å²) in [5, 5.41) is 19.6.